The Balaban J connectivity index is 1.92. The second-order valence-electron chi connectivity index (χ2n) is 10.5. The number of nitrogens with zero attached hydrogens (tertiary/aromatic N) is 1. The second kappa shape index (κ2) is 12.8. The standard InChI is InChI=1S/C33H36N2O6/c1-22(2)30-29(32(39)34-25-12-7-4-8-13-25)28(23-10-5-3-6-11-23)31(24-15-17-26(36)18-16-24)35(30)21-20-33(40,41)19-9-14-27(37)38/h3-8,10-13,15-18,22,36,40-41H,9,14,19-21H2,1-2H3,(H,34,39)(H,37,38). The number of rotatable bonds is 12. The lowest BCUT2D eigenvalue weighted by atomic mass is 9.94. The lowest BCUT2D eigenvalue weighted by Crippen LogP contribution is -2.30. The fourth-order valence-corrected chi connectivity index (χ4v) is 5.16. The van der Waals surface area contributed by atoms with Crippen LogP contribution in [0, 0.1) is 0 Å². The maximum Gasteiger partial charge on any atom is 0.303 e. The number of aliphatic hydroxyl groups is 2. The monoisotopic (exact) mass is 556 g/mol. The van der Waals surface area contributed by atoms with Crippen LogP contribution in [0.1, 0.15) is 61.5 Å². The number of carboxylic acid groups (broad SMARTS) is 1. The molecule has 0 spiro atoms. The van der Waals surface area contributed by atoms with Crippen molar-refractivity contribution < 1.29 is 30.0 Å². The molecule has 0 aliphatic carbocycles. The van der Waals surface area contributed by atoms with Crippen molar-refractivity contribution >= 4 is 17.6 Å². The maximum absolute atomic E-state index is 14.1. The van der Waals surface area contributed by atoms with Crippen molar-refractivity contribution in [1.29, 1.82) is 0 Å². The number of para-hydroxylation sites is 1. The van der Waals surface area contributed by atoms with Crippen molar-refractivity contribution in [3.05, 3.63) is 96.2 Å². The highest BCUT2D eigenvalue weighted by molar-refractivity contribution is 6.12. The van der Waals surface area contributed by atoms with Crippen LogP contribution in [0.4, 0.5) is 5.69 Å². The Morgan fingerprint density at radius 3 is 2.05 bits per heavy atom. The van der Waals surface area contributed by atoms with Crippen molar-refractivity contribution in [2.75, 3.05) is 5.32 Å². The van der Waals surface area contributed by atoms with E-state index in [9.17, 15) is 24.9 Å². The van der Waals surface area contributed by atoms with Gasteiger partial charge in [0, 0.05) is 42.8 Å². The van der Waals surface area contributed by atoms with Crippen LogP contribution < -0.4 is 5.32 Å². The molecule has 3 aromatic carbocycles. The second-order valence-corrected chi connectivity index (χ2v) is 10.5. The molecule has 1 amide bonds. The molecule has 0 atom stereocenters. The number of carboxylic acids is 1. The fourth-order valence-electron chi connectivity index (χ4n) is 5.16. The van der Waals surface area contributed by atoms with Gasteiger partial charge in [-0.15, -0.1) is 0 Å². The van der Waals surface area contributed by atoms with E-state index in [4.69, 9.17) is 5.11 Å². The van der Waals surface area contributed by atoms with Crippen LogP contribution in [0.3, 0.4) is 0 Å². The van der Waals surface area contributed by atoms with Crippen molar-refractivity contribution in [3.63, 3.8) is 0 Å². The highest BCUT2D eigenvalue weighted by Crippen LogP contribution is 2.43. The van der Waals surface area contributed by atoms with Gasteiger partial charge < -0.3 is 30.3 Å². The molecule has 0 fully saturated rings. The summed E-state index contributed by atoms with van der Waals surface area (Å²) in [5.74, 6) is -3.41. The fraction of sp³-hybridized carbons (Fsp3) is 0.273. The third kappa shape index (κ3) is 7.22. The predicted octanol–water partition coefficient (Wildman–Crippen LogP) is 6.23. The smallest absolute Gasteiger partial charge is 0.303 e. The van der Waals surface area contributed by atoms with Crippen LogP contribution in [0.25, 0.3) is 22.4 Å². The number of aliphatic carboxylic acids is 1. The van der Waals surface area contributed by atoms with Gasteiger partial charge in [-0.05, 0) is 59.9 Å². The van der Waals surface area contributed by atoms with E-state index in [0.29, 0.717) is 22.5 Å². The number of carbonyl (C=O) groups excluding carboxylic acids is 1. The zero-order chi connectivity index (χ0) is 29.6. The molecule has 1 aromatic heterocycles. The van der Waals surface area contributed by atoms with Gasteiger partial charge in [-0.25, -0.2) is 0 Å². The summed E-state index contributed by atoms with van der Waals surface area (Å²) in [6, 6.07) is 25.5. The number of benzene rings is 3. The molecule has 4 aromatic rings. The lowest BCUT2D eigenvalue weighted by Gasteiger charge is -2.24. The first-order valence-corrected chi connectivity index (χ1v) is 13.7. The van der Waals surface area contributed by atoms with Crippen LogP contribution >= 0.6 is 0 Å². The number of aromatic nitrogens is 1. The van der Waals surface area contributed by atoms with E-state index >= 15 is 0 Å². The molecule has 4 rings (SSSR count). The lowest BCUT2D eigenvalue weighted by molar-refractivity contribution is -0.173. The molecular formula is C33H36N2O6. The molecule has 8 heteroatoms. The molecule has 41 heavy (non-hydrogen) atoms. The molecule has 0 bridgehead atoms. The highest BCUT2D eigenvalue weighted by atomic mass is 16.5. The first-order chi connectivity index (χ1) is 19.6. The maximum atomic E-state index is 14.1. The Morgan fingerprint density at radius 1 is 0.854 bits per heavy atom. The molecule has 8 nitrogen and oxygen atoms in total. The molecule has 1 heterocycles. The van der Waals surface area contributed by atoms with Gasteiger partial charge in [0.2, 0.25) is 0 Å². The van der Waals surface area contributed by atoms with E-state index in [0.717, 1.165) is 16.8 Å². The molecule has 0 aliphatic rings. The molecule has 0 saturated heterocycles. The first kappa shape index (κ1) is 29.6. The molecule has 5 N–H and O–H groups in total. The SMILES string of the molecule is CC(C)c1c(C(=O)Nc2ccccc2)c(-c2ccccc2)c(-c2ccc(O)cc2)n1CCC(O)(O)CCCC(=O)O. The predicted molar refractivity (Wildman–Crippen MR) is 159 cm³/mol. The molecular weight excluding hydrogens is 520 g/mol. The third-order valence-corrected chi connectivity index (χ3v) is 7.02. The summed E-state index contributed by atoms with van der Waals surface area (Å²) in [7, 11) is 0. The molecule has 0 unspecified atom stereocenters. The van der Waals surface area contributed by atoms with Gasteiger partial charge in [-0.1, -0.05) is 62.4 Å². The van der Waals surface area contributed by atoms with E-state index in [1.807, 2.05) is 79.1 Å². The Bertz CT molecular complexity index is 1480. The van der Waals surface area contributed by atoms with Crippen LogP contribution in [-0.2, 0) is 11.3 Å². The van der Waals surface area contributed by atoms with Gasteiger partial charge in [-0.3, -0.25) is 9.59 Å². The Kier molecular flexibility index (Phi) is 9.27. The minimum absolute atomic E-state index is 0.0833. The quantitative estimate of drug-likeness (QED) is 0.131. The summed E-state index contributed by atoms with van der Waals surface area (Å²) in [5, 5.41) is 43.5. The number of phenolic OH excluding ortho intramolecular Hbond substituents is 1. The number of phenols is 1. The molecule has 0 aliphatic heterocycles. The van der Waals surface area contributed by atoms with E-state index in [1.54, 1.807) is 24.3 Å². The number of anilines is 1. The average Bonchev–Trinajstić information content (AvgIpc) is 3.29. The normalized spacial score (nSPS) is 11.5. The van der Waals surface area contributed by atoms with E-state index in [2.05, 4.69) is 5.32 Å². The van der Waals surface area contributed by atoms with Crippen LogP contribution in [0.2, 0.25) is 0 Å². The Hall–Kier alpha value is -4.40. The van der Waals surface area contributed by atoms with Gasteiger partial charge in [0.15, 0.2) is 5.79 Å². The first-order valence-electron chi connectivity index (χ1n) is 13.7. The summed E-state index contributed by atoms with van der Waals surface area (Å²) in [6.07, 6.45) is -0.223. The highest BCUT2D eigenvalue weighted by Gasteiger charge is 2.32. The van der Waals surface area contributed by atoms with Gasteiger partial charge >= 0.3 is 5.97 Å². The average molecular weight is 557 g/mol. The van der Waals surface area contributed by atoms with Crippen molar-refractivity contribution in [2.24, 2.45) is 0 Å². The molecule has 0 saturated carbocycles. The van der Waals surface area contributed by atoms with Crippen molar-refractivity contribution in [1.82, 2.24) is 4.57 Å². The molecule has 0 radical (unpaired) electrons. The van der Waals surface area contributed by atoms with Crippen LogP contribution in [0.5, 0.6) is 5.75 Å². The van der Waals surface area contributed by atoms with Gasteiger partial charge in [0.1, 0.15) is 5.75 Å². The van der Waals surface area contributed by atoms with E-state index in [-0.39, 0.29) is 49.8 Å². The number of amides is 1. The minimum Gasteiger partial charge on any atom is -0.508 e. The number of nitrogens with one attached hydrogen (secondary N) is 1. The number of carbonyl (C=O) groups is 2. The van der Waals surface area contributed by atoms with Crippen molar-refractivity contribution in [3.8, 4) is 28.1 Å². The van der Waals surface area contributed by atoms with E-state index in [1.165, 1.54) is 0 Å². The Morgan fingerprint density at radius 2 is 1.46 bits per heavy atom. The zero-order valence-electron chi connectivity index (χ0n) is 23.2. The summed E-state index contributed by atoms with van der Waals surface area (Å²) in [6.45, 7) is 4.12. The summed E-state index contributed by atoms with van der Waals surface area (Å²) < 4.78 is 1.96. The van der Waals surface area contributed by atoms with Gasteiger partial charge in [0.25, 0.3) is 5.91 Å². The van der Waals surface area contributed by atoms with Crippen molar-refractivity contribution in [2.45, 2.75) is 57.8 Å². The van der Waals surface area contributed by atoms with E-state index < -0.39 is 11.8 Å². The zero-order valence-corrected chi connectivity index (χ0v) is 23.2. The minimum atomic E-state index is -2.10. The van der Waals surface area contributed by atoms with Crippen LogP contribution in [-0.4, -0.2) is 42.7 Å². The number of hydrogen-bond donors (Lipinski definition) is 5. The summed E-state index contributed by atoms with van der Waals surface area (Å²) in [5.41, 5.74) is 4.81. The summed E-state index contributed by atoms with van der Waals surface area (Å²) in [4.78, 5) is 25.0. The molecule has 214 valence electrons. The van der Waals surface area contributed by atoms with Gasteiger partial charge in [0.05, 0.1) is 11.3 Å². The largest absolute Gasteiger partial charge is 0.508 e. The topological polar surface area (TPSA) is 132 Å². The third-order valence-electron chi connectivity index (χ3n) is 7.02. The summed E-state index contributed by atoms with van der Waals surface area (Å²) >= 11 is 0. The Labute approximate surface area is 239 Å². The number of aromatic hydroxyl groups is 1. The number of hydrogen-bond acceptors (Lipinski definition) is 5. The van der Waals surface area contributed by atoms with Crippen LogP contribution in [0.15, 0.2) is 84.9 Å². The van der Waals surface area contributed by atoms with Gasteiger partial charge in [-0.2, -0.15) is 0 Å².